The molecule has 0 spiro atoms. The van der Waals surface area contributed by atoms with Crippen LogP contribution in [0.3, 0.4) is 0 Å². The molecule has 96 valence electrons. The van der Waals surface area contributed by atoms with Crippen LogP contribution in [0.2, 0.25) is 0 Å². The molecule has 17 heavy (non-hydrogen) atoms. The fourth-order valence-electron chi connectivity index (χ4n) is 2.50. The summed E-state index contributed by atoms with van der Waals surface area (Å²) in [6.45, 7) is 3.97. The van der Waals surface area contributed by atoms with Crippen molar-refractivity contribution >= 4 is 11.8 Å². The first-order chi connectivity index (χ1) is 7.84. The average Bonchev–Trinajstić information content (AvgIpc) is 2.29. The minimum absolute atomic E-state index is 0.110. The lowest BCUT2D eigenvalue weighted by molar-refractivity contribution is -0.149. The number of imide groups is 1. The van der Waals surface area contributed by atoms with Gasteiger partial charge in [-0.1, -0.05) is 13.8 Å². The number of carbonyl (C=O) groups is 2. The number of hydrogen-bond donors (Lipinski definition) is 2. The van der Waals surface area contributed by atoms with Crippen LogP contribution in [0.5, 0.6) is 0 Å². The maximum Gasteiger partial charge on any atom is 0.246 e. The van der Waals surface area contributed by atoms with Crippen molar-refractivity contribution in [2.75, 3.05) is 7.05 Å². The van der Waals surface area contributed by atoms with Crippen LogP contribution in [0.15, 0.2) is 0 Å². The monoisotopic (exact) mass is 240 g/mol. The Balaban J connectivity index is 1.97. The summed E-state index contributed by atoms with van der Waals surface area (Å²) in [6.07, 6.45) is 1.34. The van der Waals surface area contributed by atoms with E-state index in [9.17, 15) is 14.7 Å². The number of carbonyl (C=O) groups excluding carboxylic acids is 2. The van der Waals surface area contributed by atoms with E-state index in [1.165, 1.54) is 11.9 Å². The van der Waals surface area contributed by atoms with Crippen LogP contribution < -0.4 is 5.32 Å². The first-order valence-electron chi connectivity index (χ1n) is 6.08. The van der Waals surface area contributed by atoms with Gasteiger partial charge in [0.15, 0.2) is 0 Å². The van der Waals surface area contributed by atoms with Gasteiger partial charge < -0.3 is 10.4 Å². The van der Waals surface area contributed by atoms with Gasteiger partial charge in [0.05, 0.1) is 12.1 Å². The zero-order valence-corrected chi connectivity index (χ0v) is 10.6. The van der Waals surface area contributed by atoms with Crippen molar-refractivity contribution in [2.45, 2.75) is 51.3 Å². The van der Waals surface area contributed by atoms with Gasteiger partial charge in [0, 0.05) is 24.9 Å². The maximum absolute atomic E-state index is 11.9. The number of likely N-dealkylation sites (N-methyl/N-ethyl adjacent to an activating group) is 1. The van der Waals surface area contributed by atoms with Gasteiger partial charge in [0.25, 0.3) is 0 Å². The van der Waals surface area contributed by atoms with Crippen molar-refractivity contribution in [3.05, 3.63) is 0 Å². The Kier molecular flexibility index (Phi) is 2.99. The lowest BCUT2D eigenvalue weighted by Crippen LogP contribution is -2.65. The van der Waals surface area contributed by atoms with E-state index in [2.05, 4.69) is 5.32 Å². The highest BCUT2D eigenvalue weighted by molar-refractivity contribution is 6.00. The summed E-state index contributed by atoms with van der Waals surface area (Å²) in [4.78, 5) is 24.4. The van der Waals surface area contributed by atoms with Crippen LogP contribution in [-0.2, 0) is 9.59 Å². The van der Waals surface area contributed by atoms with Gasteiger partial charge in [0.2, 0.25) is 11.8 Å². The number of amides is 2. The average molecular weight is 240 g/mol. The third kappa shape index (κ3) is 1.98. The molecule has 5 heteroatoms. The molecule has 2 fully saturated rings. The van der Waals surface area contributed by atoms with Crippen molar-refractivity contribution in [1.29, 1.82) is 0 Å². The molecule has 1 aliphatic carbocycles. The van der Waals surface area contributed by atoms with Crippen LogP contribution >= 0.6 is 0 Å². The van der Waals surface area contributed by atoms with Gasteiger partial charge >= 0.3 is 0 Å². The standard InChI is InChI=1S/C12H20N2O3/c1-12(2)8(6-9(12)15)13-7-4-5-10(16)14(3)11(7)17/h7-9,13,15H,4-6H2,1-3H3. The maximum atomic E-state index is 11.9. The van der Waals surface area contributed by atoms with Crippen molar-refractivity contribution in [2.24, 2.45) is 5.41 Å². The molecule has 0 bridgehead atoms. The van der Waals surface area contributed by atoms with Gasteiger partial charge in [0.1, 0.15) is 0 Å². The summed E-state index contributed by atoms with van der Waals surface area (Å²) >= 11 is 0. The summed E-state index contributed by atoms with van der Waals surface area (Å²) in [6, 6.07) is -0.137. The van der Waals surface area contributed by atoms with Gasteiger partial charge in [-0.3, -0.25) is 14.5 Å². The summed E-state index contributed by atoms with van der Waals surface area (Å²) in [5.74, 6) is -0.264. The van der Waals surface area contributed by atoms with Gasteiger partial charge in [-0.25, -0.2) is 0 Å². The molecule has 5 nitrogen and oxygen atoms in total. The largest absolute Gasteiger partial charge is 0.392 e. The molecule has 3 atom stereocenters. The second-order valence-corrected chi connectivity index (χ2v) is 5.67. The number of nitrogens with one attached hydrogen (secondary N) is 1. The Bertz CT molecular complexity index is 354. The van der Waals surface area contributed by atoms with E-state index in [-0.39, 0.29) is 35.4 Å². The predicted molar refractivity (Wildman–Crippen MR) is 62.1 cm³/mol. The summed E-state index contributed by atoms with van der Waals surface area (Å²) in [5.41, 5.74) is -0.194. The van der Waals surface area contributed by atoms with E-state index < -0.39 is 0 Å². The summed E-state index contributed by atoms with van der Waals surface area (Å²) < 4.78 is 0. The van der Waals surface area contributed by atoms with Gasteiger partial charge in [-0.2, -0.15) is 0 Å². The molecule has 1 saturated heterocycles. The van der Waals surface area contributed by atoms with E-state index in [1.807, 2.05) is 13.8 Å². The highest BCUT2D eigenvalue weighted by atomic mass is 16.3. The normalized spacial score (nSPS) is 36.9. The van der Waals surface area contributed by atoms with Gasteiger partial charge in [-0.15, -0.1) is 0 Å². The van der Waals surface area contributed by atoms with E-state index >= 15 is 0 Å². The minimum atomic E-state index is -0.307. The molecule has 0 aromatic heterocycles. The molecule has 1 heterocycles. The molecule has 2 aliphatic rings. The number of rotatable bonds is 2. The molecule has 0 aromatic carbocycles. The molecule has 1 saturated carbocycles. The topological polar surface area (TPSA) is 69.6 Å². The minimum Gasteiger partial charge on any atom is -0.392 e. The Hall–Kier alpha value is -0.940. The zero-order valence-electron chi connectivity index (χ0n) is 10.6. The molecule has 3 unspecified atom stereocenters. The fraction of sp³-hybridized carbons (Fsp3) is 0.833. The Labute approximate surface area is 101 Å². The lowest BCUT2D eigenvalue weighted by atomic mass is 9.64. The first kappa shape index (κ1) is 12.5. The predicted octanol–water partition coefficient (Wildman–Crippen LogP) is -0.117. The summed E-state index contributed by atoms with van der Waals surface area (Å²) in [5, 5.41) is 12.9. The number of nitrogens with zero attached hydrogens (tertiary/aromatic N) is 1. The second-order valence-electron chi connectivity index (χ2n) is 5.67. The van der Waals surface area contributed by atoms with Crippen molar-refractivity contribution in [1.82, 2.24) is 10.2 Å². The molecule has 2 amide bonds. The van der Waals surface area contributed by atoms with Crippen LogP contribution in [0.1, 0.15) is 33.1 Å². The highest BCUT2D eigenvalue weighted by Crippen LogP contribution is 2.40. The molecular weight excluding hydrogens is 220 g/mol. The smallest absolute Gasteiger partial charge is 0.246 e. The van der Waals surface area contributed by atoms with Crippen LogP contribution in [0.25, 0.3) is 0 Å². The number of aliphatic hydroxyl groups is 1. The van der Waals surface area contributed by atoms with Gasteiger partial charge in [-0.05, 0) is 12.8 Å². The lowest BCUT2D eigenvalue weighted by Gasteiger charge is -2.51. The molecule has 0 radical (unpaired) electrons. The quantitative estimate of drug-likeness (QED) is 0.660. The van der Waals surface area contributed by atoms with Crippen molar-refractivity contribution in [3.63, 3.8) is 0 Å². The number of piperidine rings is 1. The Morgan fingerprint density at radius 3 is 2.59 bits per heavy atom. The summed E-state index contributed by atoms with van der Waals surface area (Å²) in [7, 11) is 1.53. The molecule has 0 aromatic rings. The molecule has 2 rings (SSSR count). The molecule has 1 aliphatic heterocycles. The van der Waals surface area contributed by atoms with Crippen LogP contribution in [0.4, 0.5) is 0 Å². The van der Waals surface area contributed by atoms with Crippen LogP contribution in [0, 0.1) is 5.41 Å². The number of hydrogen-bond acceptors (Lipinski definition) is 4. The van der Waals surface area contributed by atoms with E-state index in [0.29, 0.717) is 19.3 Å². The molecule has 2 N–H and O–H groups in total. The highest BCUT2D eigenvalue weighted by Gasteiger charge is 2.49. The molecular formula is C12H20N2O3. The van der Waals surface area contributed by atoms with Crippen LogP contribution in [-0.4, -0.2) is 47.1 Å². The van der Waals surface area contributed by atoms with Crippen molar-refractivity contribution < 1.29 is 14.7 Å². The fourth-order valence-corrected chi connectivity index (χ4v) is 2.50. The second kappa shape index (κ2) is 4.07. The van der Waals surface area contributed by atoms with E-state index in [4.69, 9.17) is 0 Å². The van der Waals surface area contributed by atoms with E-state index in [1.54, 1.807) is 0 Å². The Morgan fingerprint density at radius 1 is 1.41 bits per heavy atom. The SMILES string of the molecule is CN1C(=O)CCC(NC2CC(O)C2(C)C)C1=O. The third-order valence-electron chi connectivity index (χ3n) is 4.27. The number of likely N-dealkylation sites (tertiary alicyclic amines) is 1. The van der Waals surface area contributed by atoms with E-state index in [0.717, 1.165) is 0 Å². The zero-order chi connectivity index (χ0) is 12.8. The first-order valence-corrected chi connectivity index (χ1v) is 6.08. The third-order valence-corrected chi connectivity index (χ3v) is 4.27. The number of aliphatic hydroxyl groups excluding tert-OH is 1. The Morgan fingerprint density at radius 2 is 2.06 bits per heavy atom. The van der Waals surface area contributed by atoms with Crippen molar-refractivity contribution in [3.8, 4) is 0 Å².